The summed E-state index contributed by atoms with van der Waals surface area (Å²) in [5, 5.41) is 2.99. The lowest BCUT2D eigenvalue weighted by molar-refractivity contribution is -0.130. The molecule has 0 spiro atoms. The van der Waals surface area contributed by atoms with Crippen molar-refractivity contribution in [1.82, 2.24) is 14.9 Å². The zero-order valence-corrected chi connectivity index (χ0v) is 10.6. The summed E-state index contributed by atoms with van der Waals surface area (Å²) in [5.74, 6) is 1.21. The van der Waals surface area contributed by atoms with E-state index in [1.54, 1.807) is 13.2 Å². The molecule has 0 saturated carbocycles. The van der Waals surface area contributed by atoms with Gasteiger partial charge in [-0.2, -0.15) is 0 Å². The van der Waals surface area contributed by atoms with Gasteiger partial charge in [-0.15, -0.1) is 0 Å². The minimum Gasteiger partial charge on any atom is -0.481 e. The Kier molecular flexibility index (Phi) is 4.33. The van der Waals surface area contributed by atoms with E-state index < -0.39 is 0 Å². The van der Waals surface area contributed by atoms with E-state index in [2.05, 4.69) is 15.3 Å². The number of anilines is 1. The van der Waals surface area contributed by atoms with Gasteiger partial charge in [0.05, 0.1) is 13.7 Å². The van der Waals surface area contributed by atoms with E-state index in [0.717, 1.165) is 25.9 Å². The number of methoxy groups -OCH3 is 1. The number of rotatable bonds is 4. The molecule has 0 radical (unpaired) electrons. The lowest BCUT2D eigenvalue weighted by Gasteiger charge is -2.26. The third kappa shape index (κ3) is 3.32. The van der Waals surface area contributed by atoms with Crippen molar-refractivity contribution in [1.29, 1.82) is 0 Å². The lowest BCUT2D eigenvalue weighted by atomic mass is 10.1. The van der Waals surface area contributed by atoms with Crippen LogP contribution in [0.3, 0.4) is 0 Å². The van der Waals surface area contributed by atoms with Gasteiger partial charge < -0.3 is 15.0 Å². The van der Waals surface area contributed by atoms with Gasteiger partial charge in [0.1, 0.15) is 12.1 Å². The molecule has 2 rings (SSSR count). The first kappa shape index (κ1) is 12.6. The normalized spacial score (nSPS) is 15.3. The topological polar surface area (TPSA) is 67.3 Å². The largest absolute Gasteiger partial charge is 0.481 e. The molecule has 0 atom stereocenters. The predicted octanol–water partition coefficient (Wildman–Crippen LogP) is 0.910. The number of carbonyl (C=O) groups is 1. The number of likely N-dealkylation sites (tertiary alicyclic amines) is 1. The van der Waals surface area contributed by atoms with E-state index in [4.69, 9.17) is 4.74 Å². The molecule has 1 aromatic rings. The fraction of sp³-hybridized carbons (Fsp3) is 0.583. The lowest BCUT2D eigenvalue weighted by Crippen LogP contribution is -2.39. The molecule has 98 valence electrons. The molecule has 0 bridgehead atoms. The van der Waals surface area contributed by atoms with Crippen molar-refractivity contribution < 1.29 is 9.53 Å². The number of amides is 1. The van der Waals surface area contributed by atoms with Crippen LogP contribution in [0, 0.1) is 0 Å². The Bertz CT molecular complexity index is 405. The van der Waals surface area contributed by atoms with Crippen LogP contribution >= 0.6 is 0 Å². The van der Waals surface area contributed by atoms with Gasteiger partial charge in [0.15, 0.2) is 0 Å². The zero-order valence-electron chi connectivity index (χ0n) is 10.6. The fourth-order valence-electron chi connectivity index (χ4n) is 1.97. The van der Waals surface area contributed by atoms with Crippen LogP contribution < -0.4 is 10.1 Å². The quantitative estimate of drug-likeness (QED) is 0.860. The van der Waals surface area contributed by atoms with Gasteiger partial charge in [0, 0.05) is 19.2 Å². The standard InChI is InChI=1S/C12H18N4O2/c1-18-11-7-10(14-9-15-11)13-8-12(17)16-5-3-2-4-6-16/h7,9H,2-6,8H2,1H3,(H,13,14,15). The van der Waals surface area contributed by atoms with Gasteiger partial charge in [-0.1, -0.05) is 0 Å². The maximum Gasteiger partial charge on any atom is 0.241 e. The molecule has 0 aromatic carbocycles. The van der Waals surface area contributed by atoms with Crippen LogP contribution in [0.1, 0.15) is 19.3 Å². The maximum atomic E-state index is 11.9. The second-order valence-electron chi connectivity index (χ2n) is 4.24. The van der Waals surface area contributed by atoms with Crippen molar-refractivity contribution in [3.63, 3.8) is 0 Å². The molecular formula is C12H18N4O2. The highest BCUT2D eigenvalue weighted by molar-refractivity contribution is 5.80. The van der Waals surface area contributed by atoms with Crippen molar-refractivity contribution in [2.45, 2.75) is 19.3 Å². The second kappa shape index (κ2) is 6.18. The molecule has 6 nitrogen and oxygen atoms in total. The molecule has 1 fully saturated rings. The average molecular weight is 250 g/mol. The predicted molar refractivity (Wildman–Crippen MR) is 67.5 cm³/mol. The molecule has 2 heterocycles. The van der Waals surface area contributed by atoms with Crippen LogP contribution in [-0.4, -0.2) is 47.5 Å². The molecule has 1 N–H and O–H groups in total. The van der Waals surface area contributed by atoms with Gasteiger partial charge in [-0.05, 0) is 19.3 Å². The number of piperidine rings is 1. The molecule has 1 amide bonds. The first-order valence-corrected chi connectivity index (χ1v) is 6.17. The first-order chi connectivity index (χ1) is 8.79. The highest BCUT2D eigenvalue weighted by Gasteiger charge is 2.15. The van der Waals surface area contributed by atoms with Gasteiger partial charge in [-0.25, -0.2) is 9.97 Å². The van der Waals surface area contributed by atoms with Gasteiger partial charge in [0.2, 0.25) is 11.8 Å². The minimum absolute atomic E-state index is 0.118. The first-order valence-electron chi connectivity index (χ1n) is 6.17. The van der Waals surface area contributed by atoms with E-state index in [1.165, 1.54) is 12.7 Å². The van der Waals surface area contributed by atoms with Gasteiger partial charge in [-0.3, -0.25) is 4.79 Å². The number of nitrogens with zero attached hydrogens (tertiary/aromatic N) is 3. The Morgan fingerprint density at radius 1 is 1.39 bits per heavy atom. The molecule has 6 heteroatoms. The van der Waals surface area contributed by atoms with Crippen LogP contribution in [0.2, 0.25) is 0 Å². The van der Waals surface area contributed by atoms with Crippen molar-refractivity contribution in [3.8, 4) is 5.88 Å². The number of carbonyl (C=O) groups excluding carboxylic acids is 1. The minimum atomic E-state index is 0.118. The second-order valence-corrected chi connectivity index (χ2v) is 4.24. The Labute approximate surface area is 106 Å². The van der Waals surface area contributed by atoms with Gasteiger partial charge >= 0.3 is 0 Å². The van der Waals surface area contributed by atoms with E-state index >= 15 is 0 Å². The van der Waals surface area contributed by atoms with Crippen LogP contribution in [0.5, 0.6) is 5.88 Å². The molecular weight excluding hydrogens is 232 g/mol. The summed E-state index contributed by atoms with van der Waals surface area (Å²) in [6, 6.07) is 1.67. The number of aromatic nitrogens is 2. The summed E-state index contributed by atoms with van der Waals surface area (Å²) in [7, 11) is 1.55. The SMILES string of the molecule is COc1cc(NCC(=O)N2CCCCC2)ncn1. The molecule has 0 aliphatic carbocycles. The van der Waals surface area contributed by atoms with Gasteiger partial charge in [0.25, 0.3) is 0 Å². The Morgan fingerprint density at radius 3 is 2.89 bits per heavy atom. The fourth-order valence-corrected chi connectivity index (χ4v) is 1.97. The summed E-state index contributed by atoms with van der Waals surface area (Å²) in [6.45, 7) is 2.00. The molecule has 1 aliphatic heterocycles. The van der Waals surface area contributed by atoms with E-state index in [-0.39, 0.29) is 12.5 Å². The molecule has 1 saturated heterocycles. The Morgan fingerprint density at radius 2 is 2.17 bits per heavy atom. The van der Waals surface area contributed by atoms with E-state index in [0.29, 0.717) is 11.7 Å². The Balaban J connectivity index is 1.84. The summed E-state index contributed by atoms with van der Waals surface area (Å²) in [5.41, 5.74) is 0. The molecule has 0 unspecified atom stereocenters. The Hall–Kier alpha value is -1.85. The maximum absolute atomic E-state index is 11.9. The number of hydrogen-bond acceptors (Lipinski definition) is 5. The third-order valence-electron chi connectivity index (χ3n) is 2.98. The smallest absolute Gasteiger partial charge is 0.241 e. The van der Waals surface area contributed by atoms with Crippen LogP contribution in [0.4, 0.5) is 5.82 Å². The zero-order chi connectivity index (χ0) is 12.8. The summed E-state index contributed by atoms with van der Waals surface area (Å²) >= 11 is 0. The monoisotopic (exact) mass is 250 g/mol. The number of nitrogens with one attached hydrogen (secondary N) is 1. The van der Waals surface area contributed by atoms with Crippen molar-refractivity contribution >= 4 is 11.7 Å². The van der Waals surface area contributed by atoms with Crippen molar-refractivity contribution in [3.05, 3.63) is 12.4 Å². The highest BCUT2D eigenvalue weighted by Crippen LogP contribution is 2.11. The van der Waals surface area contributed by atoms with Crippen molar-refractivity contribution in [2.75, 3.05) is 32.1 Å². The molecule has 18 heavy (non-hydrogen) atoms. The van der Waals surface area contributed by atoms with E-state index in [1.807, 2.05) is 4.90 Å². The van der Waals surface area contributed by atoms with Crippen molar-refractivity contribution in [2.24, 2.45) is 0 Å². The highest BCUT2D eigenvalue weighted by atomic mass is 16.5. The number of hydrogen-bond donors (Lipinski definition) is 1. The summed E-state index contributed by atoms with van der Waals surface area (Å²) in [4.78, 5) is 21.8. The van der Waals surface area contributed by atoms with E-state index in [9.17, 15) is 4.79 Å². The number of ether oxygens (including phenoxy) is 1. The average Bonchev–Trinajstić information content (AvgIpc) is 2.46. The molecule has 1 aromatic heterocycles. The van der Waals surface area contributed by atoms with Crippen LogP contribution in [0.25, 0.3) is 0 Å². The molecule has 1 aliphatic rings. The summed E-state index contributed by atoms with van der Waals surface area (Å²) < 4.78 is 4.99. The van der Waals surface area contributed by atoms with Crippen LogP contribution in [0.15, 0.2) is 12.4 Å². The third-order valence-corrected chi connectivity index (χ3v) is 2.98. The van der Waals surface area contributed by atoms with Crippen LogP contribution in [-0.2, 0) is 4.79 Å². The summed E-state index contributed by atoms with van der Waals surface area (Å²) in [6.07, 6.45) is 4.84.